The van der Waals surface area contributed by atoms with Gasteiger partial charge >= 0.3 is 0 Å². The minimum atomic E-state index is -3.98. The van der Waals surface area contributed by atoms with Crippen LogP contribution < -0.4 is 27.8 Å². The highest BCUT2D eigenvalue weighted by Crippen LogP contribution is 2.11. The summed E-state index contributed by atoms with van der Waals surface area (Å²) >= 11 is 0. The fourth-order valence-corrected chi connectivity index (χ4v) is 2.56. The molecule has 1 aromatic heterocycles. The first kappa shape index (κ1) is 17.1. The topological polar surface area (TPSA) is 107 Å². The van der Waals surface area contributed by atoms with Gasteiger partial charge in [-0.3, -0.25) is 4.79 Å². The summed E-state index contributed by atoms with van der Waals surface area (Å²) in [6.45, 7) is 0.492. The molecule has 1 aromatic carbocycles. The Morgan fingerprint density at radius 2 is 1.76 bits per heavy atom. The standard InChI is InChI=1S/C13H13N3O3S.ClH/c14-13(17)11-9-16(7-6-12(11)20(15,18)19)8-10-4-2-1-3-5-10;/h1-7,9H,8H2,(H3-,14,15,17,18,19);1H. The van der Waals surface area contributed by atoms with Crippen molar-refractivity contribution in [2.45, 2.75) is 11.4 Å². The van der Waals surface area contributed by atoms with E-state index in [0.717, 1.165) is 5.56 Å². The van der Waals surface area contributed by atoms with Crippen molar-refractivity contribution in [3.63, 3.8) is 0 Å². The molecule has 0 saturated carbocycles. The summed E-state index contributed by atoms with van der Waals surface area (Å²) in [6, 6.07) is 10.8. The molecule has 0 aliphatic rings. The number of rotatable bonds is 4. The molecule has 2 rings (SSSR count). The third-order valence-corrected chi connectivity index (χ3v) is 3.73. The van der Waals surface area contributed by atoms with Gasteiger partial charge in [0.2, 0.25) is 10.0 Å². The summed E-state index contributed by atoms with van der Waals surface area (Å²) in [4.78, 5) is 11.1. The highest BCUT2D eigenvalue weighted by atomic mass is 35.5. The van der Waals surface area contributed by atoms with Crippen molar-refractivity contribution in [2.24, 2.45) is 10.9 Å². The van der Waals surface area contributed by atoms with E-state index in [9.17, 15) is 13.2 Å². The molecule has 8 heteroatoms. The lowest BCUT2D eigenvalue weighted by molar-refractivity contribution is -0.688. The molecule has 0 unspecified atom stereocenters. The molecule has 1 heterocycles. The maximum atomic E-state index is 11.4. The van der Waals surface area contributed by atoms with E-state index in [0.29, 0.717) is 6.54 Å². The third kappa shape index (κ3) is 4.25. The SMILES string of the molecule is NC(=O)c1c[n+](Cc2ccccc2)ccc1S(N)(=O)=O.[Cl-]. The lowest BCUT2D eigenvalue weighted by Crippen LogP contribution is -3.00. The van der Waals surface area contributed by atoms with Gasteiger partial charge in [0.15, 0.2) is 18.9 Å². The number of amides is 1. The van der Waals surface area contributed by atoms with Gasteiger partial charge in [0.05, 0.1) is 0 Å². The van der Waals surface area contributed by atoms with E-state index in [1.807, 2.05) is 30.3 Å². The Hall–Kier alpha value is -1.96. The van der Waals surface area contributed by atoms with Gasteiger partial charge < -0.3 is 18.1 Å². The van der Waals surface area contributed by atoms with E-state index >= 15 is 0 Å². The van der Waals surface area contributed by atoms with Gasteiger partial charge in [0, 0.05) is 11.6 Å². The molecule has 0 aliphatic carbocycles. The number of benzene rings is 1. The van der Waals surface area contributed by atoms with Crippen molar-refractivity contribution in [1.29, 1.82) is 0 Å². The number of primary amides is 1. The van der Waals surface area contributed by atoms with Gasteiger partial charge in [-0.2, -0.15) is 4.57 Å². The molecule has 0 saturated heterocycles. The van der Waals surface area contributed by atoms with Crippen LogP contribution in [0.5, 0.6) is 0 Å². The lowest BCUT2D eigenvalue weighted by atomic mass is 10.2. The maximum absolute atomic E-state index is 11.4. The second-order valence-electron chi connectivity index (χ2n) is 4.29. The first-order valence-corrected chi connectivity index (χ1v) is 7.32. The fourth-order valence-electron chi connectivity index (χ4n) is 1.85. The van der Waals surface area contributed by atoms with Crippen LogP contribution in [-0.2, 0) is 16.6 Å². The minimum Gasteiger partial charge on any atom is -1.00 e. The van der Waals surface area contributed by atoms with Crippen LogP contribution in [0.4, 0.5) is 0 Å². The van der Waals surface area contributed by atoms with E-state index in [1.54, 1.807) is 10.8 Å². The zero-order chi connectivity index (χ0) is 14.8. The number of sulfonamides is 1. The molecule has 0 fully saturated rings. The maximum Gasteiger partial charge on any atom is 0.256 e. The van der Waals surface area contributed by atoms with Crippen LogP contribution in [0.1, 0.15) is 15.9 Å². The van der Waals surface area contributed by atoms with Gasteiger partial charge in [0.25, 0.3) is 5.91 Å². The van der Waals surface area contributed by atoms with Crippen LogP contribution >= 0.6 is 0 Å². The summed E-state index contributed by atoms with van der Waals surface area (Å²) in [7, 11) is -3.98. The Kier molecular flexibility index (Phi) is 5.42. The highest BCUT2D eigenvalue weighted by Gasteiger charge is 2.21. The molecule has 2 aromatic rings. The number of aromatic nitrogens is 1. The van der Waals surface area contributed by atoms with Crippen LogP contribution in [0.2, 0.25) is 0 Å². The fraction of sp³-hybridized carbons (Fsp3) is 0.0769. The molecule has 0 atom stereocenters. The summed E-state index contributed by atoms with van der Waals surface area (Å²) in [6.07, 6.45) is 2.92. The van der Waals surface area contributed by atoms with Gasteiger partial charge in [-0.05, 0) is 0 Å². The summed E-state index contributed by atoms with van der Waals surface area (Å²) in [5.74, 6) is -0.837. The van der Waals surface area contributed by atoms with Gasteiger partial charge in [-0.25, -0.2) is 13.6 Å². The van der Waals surface area contributed by atoms with Crippen LogP contribution in [0.15, 0.2) is 53.7 Å². The predicted octanol–water partition coefficient (Wildman–Crippen LogP) is -3.23. The first-order valence-electron chi connectivity index (χ1n) is 5.77. The second-order valence-corrected chi connectivity index (χ2v) is 5.82. The Morgan fingerprint density at radius 1 is 1.14 bits per heavy atom. The number of nitrogens with two attached hydrogens (primary N) is 2. The molecule has 4 N–H and O–H groups in total. The molecule has 0 bridgehead atoms. The minimum absolute atomic E-state index is 0. The number of halogens is 1. The lowest BCUT2D eigenvalue weighted by Gasteiger charge is -2.04. The smallest absolute Gasteiger partial charge is 0.256 e. The molecule has 0 aliphatic heterocycles. The predicted molar refractivity (Wildman–Crippen MR) is 72.1 cm³/mol. The molecular weight excluding hydrogens is 314 g/mol. The summed E-state index contributed by atoms with van der Waals surface area (Å²) in [5, 5.41) is 5.05. The molecule has 1 amide bonds. The van der Waals surface area contributed by atoms with E-state index in [2.05, 4.69) is 0 Å². The quantitative estimate of drug-likeness (QED) is 0.577. The Bertz CT molecular complexity index is 749. The number of carbonyl (C=O) groups excluding carboxylic acids is 1. The number of carbonyl (C=O) groups is 1. The van der Waals surface area contributed by atoms with Crippen molar-refractivity contribution in [1.82, 2.24) is 0 Å². The Morgan fingerprint density at radius 3 is 2.29 bits per heavy atom. The van der Waals surface area contributed by atoms with Crippen molar-refractivity contribution >= 4 is 15.9 Å². The Balaban J connectivity index is 0.00000220. The average Bonchev–Trinajstić information content (AvgIpc) is 2.38. The zero-order valence-electron chi connectivity index (χ0n) is 10.9. The third-order valence-electron chi connectivity index (χ3n) is 2.76. The highest BCUT2D eigenvalue weighted by molar-refractivity contribution is 7.89. The number of hydrogen-bond acceptors (Lipinski definition) is 3. The Labute approximate surface area is 128 Å². The van der Waals surface area contributed by atoms with Crippen LogP contribution in [0, 0.1) is 0 Å². The second kappa shape index (κ2) is 6.66. The molecule has 21 heavy (non-hydrogen) atoms. The van der Waals surface area contributed by atoms with Crippen molar-refractivity contribution in [3.8, 4) is 0 Å². The van der Waals surface area contributed by atoms with Crippen LogP contribution in [-0.4, -0.2) is 14.3 Å². The van der Waals surface area contributed by atoms with Crippen LogP contribution in [0.25, 0.3) is 0 Å². The summed E-state index contributed by atoms with van der Waals surface area (Å²) in [5.41, 5.74) is 6.09. The molecule has 112 valence electrons. The monoisotopic (exact) mass is 327 g/mol. The largest absolute Gasteiger partial charge is 1.00 e. The normalized spacial score (nSPS) is 10.7. The van der Waals surface area contributed by atoms with E-state index < -0.39 is 15.9 Å². The van der Waals surface area contributed by atoms with E-state index in [1.165, 1.54) is 12.3 Å². The van der Waals surface area contributed by atoms with E-state index in [-0.39, 0.29) is 22.9 Å². The molecular formula is C13H14ClN3O3S. The van der Waals surface area contributed by atoms with Gasteiger partial charge in [-0.15, -0.1) is 0 Å². The molecule has 0 radical (unpaired) electrons. The van der Waals surface area contributed by atoms with Gasteiger partial charge in [-0.1, -0.05) is 30.3 Å². The van der Waals surface area contributed by atoms with Crippen LogP contribution in [0.3, 0.4) is 0 Å². The first-order chi connectivity index (χ1) is 9.38. The number of primary sulfonamides is 1. The van der Waals surface area contributed by atoms with E-state index in [4.69, 9.17) is 10.9 Å². The molecule has 6 nitrogen and oxygen atoms in total. The summed E-state index contributed by atoms with van der Waals surface area (Å²) < 4.78 is 24.4. The number of hydrogen-bond donors (Lipinski definition) is 2. The zero-order valence-corrected chi connectivity index (χ0v) is 12.5. The average molecular weight is 328 g/mol. The molecule has 0 spiro atoms. The van der Waals surface area contributed by atoms with Crippen molar-refractivity contribution in [3.05, 3.63) is 59.9 Å². The van der Waals surface area contributed by atoms with Gasteiger partial charge in [0.1, 0.15) is 10.5 Å². The van der Waals surface area contributed by atoms with Crippen molar-refractivity contribution in [2.75, 3.05) is 0 Å². The number of pyridine rings is 1. The number of nitrogens with zero attached hydrogens (tertiary/aromatic N) is 1. The van der Waals surface area contributed by atoms with Crippen molar-refractivity contribution < 1.29 is 30.2 Å².